The molecule has 0 aliphatic carbocycles. The van der Waals surface area contributed by atoms with Crippen LogP contribution in [0.3, 0.4) is 0 Å². The molecule has 1 N–H and O–H groups in total. The number of nitrogens with one attached hydrogen (secondary N) is 1. The van der Waals surface area contributed by atoms with Crippen molar-refractivity contribution in [1.29, 1.82) is 0 Å². The highest BCUT2D eigenvalue weighted by Gasteiger charge is 2.26. The van der Waals surface area contributed by atoms with E-state index in [9.17, 15) is 18.0 Å². The molecule has 90 valence electrons. The van der Waals surface area contributed by atoms with Gasteiger partial charge in [-0.1, -0.05) is 0 Å². The van der Waals surface area contributed by atoms with E-state index >= 15 is 0 Å². The van der Waals surface area contributed by atoms with Crippen LogP contribution in [-0.4, -0.2) is 18.6 Å². The van der Waals surface area contributed by atoms with E-state index in [4.69, 9.17) is 0 Å². The molecule has 1 aromatic rings. The molecule has 16 heavy (non-hydrogen) atoms. The topological polar surface area (TPSA) is 29.1 Å². The third kappa shape index (κ3) is 4.42. The molecule has 0 fully saturated rings. The zero-order valence-corrected chi connectivity index (χ0v) is 11.7. The Morgan fingerprint density at radius 2 is 2.06 bits per heavy atom. The van der Waals surface area contributed by atoms with Gasteiger partial charge in [0.15, 0.2) is 0 Å². The van der Waals surface area contributed by atoms with E-state index < -0.39 is 25.0 Å². The van der Waals surface area contributed by atoms with Crippen molar-refractivity contribution in [2.45, 2.75) is 12.6 Å². The van der Waals surface area contributed by atoms with Gasteiger partial charge in [-0.15, -0.1) is 11.3 Å². The van der Waals surface area contributed by atoms with Crippen LogP contribution in [0.1, 0.15) is 16.8 Å². The zero-order chi connectivity index (χ0) is 12.3. The number of carbonyl (C=O) groups is 1. The number of halogens is 5. The van der Waals surface area contributed by atoms with Gasteiger partial charge in [0.25, 0.3) is 5.91 Å². The summed E-state index contributed by atoms with van der Waals surface area (Å²) in [6.07, 6.45) is -5.28. The van der Waals surface area contributed by atoms with Crippen LogP contribution in [0.5, 0.6) is 0 Å². The summed E-state index contributed by atoms with van der Waals surface area (Å²) in [5, 5.41) is 2.21. The Bertz CT molecular complexity index is 391. The molecule has 0 aliphatic rings. The van der Waals surface area contributed by atoms with Crippen molar-refractivity contribution < 1.29 is 18.0 Å². The molecular formula is C8H6Br2F3NOS. The lowest BCUT2D eigenvalue weighted by molar-refractivity contribution is -0.132. The monoisotopic (exact) mass is 379 g/mol. The Balaban J connectivity index is 2.51. The highest BCUT2D eigenvalue weighted by atomic mass is 79.9. The third-order valence-electron chi connectivity index (χ3n) is 1.60. The van der Waals surface area contributed by atoms with Gasteiger partial charge in [-0.3, -0.25) is 4.79 Å². The van der Waals surface area contributed by atoms with Crippen molar-refractivity contribution in [2.24, 2.45) is 0 Å². The minimum Gasteiger partial charge on any atom is -0.352 e. The lowest BCUT2D eigenvalue weighted by Gasteiger charge is -2.07. The molecule has 0 saturated carbocycles. The van der Waals surface area contributed by atoms with Crippen molar-refractivity contribution >= 4 is 49.1 Å². The van der Waals surface area contributed by atoms with Gasteiger partial charge in [-0.05, 0) is 37.9 Å². The fourth-order valence-corrected chi connectivity index (χ4v) is 3.70. The summed E-state index contributed by atoms with van der Waals surface area (Å²) >= 11 is 7.62. The number of carbonyl (C=O) groups excluding carboxylic acids is 1. The number of alkyl halides is 3. The summed E-state index contributed by atoms with van der Waals surface area (Å²) in [5.41, 5.74) is 0.332. The molecule has 1 aromatic heterocycles. The van der Waals surface area contributed by atoms with Gasteiger partial charge in [-0.2, -0.15) is 13.2 Å². The van der Waals surface area contributed by atoms with Crippen molar-refractivity contribution in [2.75, 3.05) is 6.54 Å². The summed E-state index contributed by atoms with van der Waals surface area (Å²) in [5.74, 6) is -0.516. The SMILES string of the molecule is O=C(NCCC(F)(F)F)c1cc(Br)sc1Br. The summed E-state index contributed by atoms with van der Waals surface area (Å²) in [6.45, 7) is -0.414. The Labute approximate surface area is 110 Å². The number of thiophene rings is 1. The Kier molecular flexibility index (Phi) is 4.81. The Morgan fingerprint density at radius 1 is 1.44 bits per heavy atom. The van der Waals surface area contributed by atoms with Crippen LogP contribution in [0.15, 0.2) is 13.6 Å². The maximum absolute atomic E-state index is 11.8. The van der Waals surface area contributed by atoms with E-state index in [1.165, 1.54) is 11.3 Å². The van der Waals surface area contributed by atoms with Crippen LogP contribution in [0.2, 0.25) is 0 Å². The van der Waals surface area contributed by atoms with E-state index in [1.54, 1.807) is 6.07 Å². The van der Waals surface area contributed by atoms with Crippen molar-refractivity contribution in [3.05, 3.63) is 19.2 Å². The molecule has 0 bridgehead atoms. The molecule has 1 amide bonds. The zero-order valence-electron chi connectivity index (χ0n) is 7.70. The number of amides is 1. The van der Waals surface area contributed by atoms with Gasteiger partial charge in [0, 0.05) is 6.54 Å². The van der Waals surface area contributed by atoms with Gasteiger partial charge >= 0.3 is 6.18 Å². The fourth-order valence-electron chi connectivity index (χ4n) is 0.908. The van der Waals surface area contributed by atoms with Gasteiger partial charge in [0.1, 0.15) is 0 Å². The van der Waals surface area contributed by atoms with Crippen molar-refractivity contribution in [1.82, 2.24) is 5.32 Å². The van der Waals surface area contributed by atoms with Crippen molar-refractivity contribution in [3.8, 4) is 0 Å². The van der Waals surface area contributed by atoms with Crippen LogP contribution in [0, 0.1) is 0 Å². The molecule has 0 aliphatic heterocycles. The standard InChI is InChI=1S/C8H6Br2F3NOS/c9-5-3-4(6(10)16-5)7(15)14-2-1-8(11,12)13/h3H,1-2H2,(H,14,15). The van der Waals surface area contributed by atoms with Gasteiger partial charge in [0.2, 0.25) is 0 Å². The molecular weight excluding hydrogens is 375 g/mol. The highest BCUT2D eigenvalue weighted by molar-refractivity contribution is 9.12. The average molecular weight is 381 g/mol. The lowest BCUT2D eigenvalue weighted by Crippen LogP contribution is -2.27. The van der Waals surface area contributed by atoms with E-state index in [1.807, 2.05) is 0 Å². The molecule has 8 heteroatoms. The van der Waals surface area contributed by atoms with E-state index in [-0.39, 0.29) is 0 Å². The Morgan fingerprint density at radius 3 is 2.50 bits per heavy atom. The molecule has 0 spiro atoms. The third-order valence-corrected chi connectivity index (χ3v) is 3.93. The smallest absolute Gasteiger partial charge is 0.352 e. The predicted molar refractivity (Wildman–Crippen MR) is 62.7 cm³/mol. The predicted octanol–water partition coefficient (Wildman–Crippen LogP) is 3.96. The van der Waals surface area contributed by atoms with Crippen molar-refractivity contribution in [3.63, 3.8) is 0 Å². The number of hydrogen-bond donors (Lipinski definition) is 1. The fraction of sp³-hybridized carbons (Fsp3) is 0.375. The minimum absolute atomic E-state index is 0.332. The van der Waals surface area contributed by atoms with Crippen LogP contribution in [-0.2, 0) is 0 Å². The molecule has 2 nitrogen and oxygen atoms in total. The van der Waals surface area contributed by atoms with Crippen LogP contribution in [0.4, 0.5) is 13.2 Å². The summed E-state index contributed by atoms with van der Waals surface area (Å²) in [7, 11) is 0. The van der Waals surface area contributed by atoms with Crippen LogP contribution >= 0.6 is 43.2 Å². The maximum atomic E-state index is 11.8. The molecule has 1 rings (SSSR count). The molecule has 0 radical (unpaired) electrons. The highest BCUT2D eigenvalue weighted by Crippen LogP contribution is 2.31. The van der Waals surface area contributed by atoms with Crippen LogP contribution in [0.25, 0.3) is 0 Å². The van der Waals surface area contributed by atoms with E-state index in [0.717, 1.165) is 3.79 Å². The summed E-state index contributed by atoms with van der Waals surface area (Å²) in [4.78, 5) is 11.4. The molecule has 0 atom stereocenters. The first-order chi connectivity index (χ1) is 7.29. The molecule has 0 aromatic carbocycles. The summed E-state index contributed by atoms with van der Waals surface area (Å²) in [6, 6.07) is 1.55. The summed E-state index contributed by atoms with van der Waals surface area (Å²) < 4.78 is 36.8. The Hall–Kier alpha value is -0.0800. The quantitative estimate of drug-likeness (QED) is 0.844. The second-order valence-electron chi connectivity index (χ2n) is 2.86. The van der Waals surface area contributed by atoms with Gasteiger partial charge in [-0.25, -0.2) is 0 Å². The first-order valence-corrected chi connectivity index (χ1v) is 6.49. The number of rotatable bonds is 3. The van der Waals surface area contributed by atoms with Gasteiger partial charge < -0.3 is 5.32 Å². The van der Waals surface area contributed by atoms with E-state index in [2.05, 4.69) is 37.2 Å². The molecule has 0 unspecified atom stereocenters. The second kappa shape index (κ2) is 5.50. The van der Waals surface area contributed by atoms with E-state index in [0.29, 0.717) is 9.35 Å². The van der Waals surface area contributed by atoms with Crippen LogP contribution < -0.4 is 5.32 Å². The maximum Gasteiger partial charge on any atom is 0.390 e. The average Bonchev–Trinajstić information content (AvgIpc) is 2.43. The molecule has 0 saturated heterocycles. The minimum atomic E-state index is -4.25. The largest absolute Gasteiger partial charge is 0.390 e. The number of hydrogen-bond acceptors (Lipinski definition) is 2. The molecule has 1 heterocycles. The normalized spacial score (nSPS) is 11.6. The first-order valence-electron chi connectivity index (χ1n) is 4.09. The second-order valence-corrected chi connectivity index (χ2v) is 6.61. The lowest BCUT2D eigenvalue weighted by atomic mass is 10.3. The van der Waals surface area contributed by atoms with Gasteiger partial charge in [0.05, 0.1) is 19.6 Å². The first kappa shape index (κ1) is 14.0.